The molecule has 2 aromatic heterocycles. The molecule has 1 N–H and O–H groups in total. The van der Waals surface area contributed by atoms with Gasteiger partial charge in [0.2, 0.25) is 5.82 Å². The van der Waals surface area contributed by atoms with Crippen molar-refractivity contribution in [3.63, 3.8) is 0 Å². The summed E-state index contributed by atoms with van der Waals surface area (Å²) in [5.41, 5.74) is 2.39. The third kappa shape index (κ3) is 3.59. The van der Waals surface area contributed by atoms with Gasteiger partial charge in [-0.2, -0.15) is 4.98 Å². The highest BCUT2D eigenvalue weighted by Gasteiger charge is 2.16. The number of nitrogens with zero attached hydrogens (tertiary/aromatic N) is 3. The fourth-order valence-corrected chi connectivity index (χ4v) is 2.68. The van der Waals surface area contributed by atoms with Gasteiger partial charge in [-0.15, -0.1) is 0 Å². The second-order valence-electron chi connectivity index (χ2n) is 5.87. The van der Waals surface area contributed by atoms with Crippen LogP contribution in [-0.4, -0.2) is 28.1 Å². The van der Waals surface area contributed by atoms with Gasteiger partial charge in [-0.3, -0.25) is 9.78 Å². The molecule has 0 aliphatic rings. The van der Waals surface area contributed by atoms with Gasteiger partial charge in [-0.05, 0) is 36.4 Å². The number of methoxy groups -OCH3 is 1. The molecule has 1 amide bonds. The second-order valence-corrected chi connectivity index (χ2v) is 5.87. The molecule has 4 rings (SSSR count). The molecular weight excluding hydrogens is 356 g/mol. The molecule has 4 aromatic rings. The molecule has 0 saturated carbocycles. The molecule has 0 spiro atoms. The summed E-state index contributed by atoms with van der Waals surface area (Å²) in [5.74, 6) is 1.03. The zero-order valence-electron chi connectivity index (χ0n) is 15.0. The highest BCUT2D eigenvalue weighted by atomic mass is 16.5. The van der Waals surface area contributed by atoms with Crippen molar-refractivity contribution in [3.8, 4) is 28.6 Å². The van der Waals surface area contributed by atoms with Gasteiger partial charge >= 0.3 is 0 Å². The van der Waals surface area contributed by atoms with Crippen molar-refractivity contribution >= 4 is 11.6 Å². The average Bonchev–Trinajstić information content (AvgIpc) is 3.25. The lowest BCUT2D eigenvalue weighted by atomic mass is 10.1. The molecule has 0 bridgehead atoms. The van der Waals surface area contributed by atoms with Crippen molar-refractivity contribution < 1.29 is 14.1 Å². The van der Waals surface area contributed by atoms with Gasteiger partial charge in [0.25, 0.3) is 11.8 Å². The number of pyridine rings is 1. The Morgan fingerprint density at radius 1 is 1.04 bits per heavy atom. The number of carbonyl (C=O) groups excluding carboxylic acids is 1. The van der Waals surface area contributed by atoms with Crippen LogP contribution in [0.3, 0.4) is 0 Å². The highest BCUT2D eigenvalue weighted by molar-refractivity contribution is 6.03. The van der Waals surface area contributed by atoms with E-state index in [2.05, 4.69) is 20.4 Å². The Kier molecular flexibility index (Phi) is 4.79. The summed E-state index contributed by atoms with van der Waals surface area (Å²) in [6.07, 6.45) is 1.57. The number of benzene rings is 2. The molecule has 0 aliphatic heterocycles. The van der Waals surface area contributed by atoms with Crippen LogP contribution < -0.4 is 10.1 Å². The zero-order chi connectivity index (χ0) is 19.3. The smallest absolute Gasteiger partial charge is 0.274 e. The van der Waals surface area contributed by atoms with Crippen molar-refractivity contribution in [3.05, 3.63) is 78.6 Å². The van der Waals surface area contributed by atoms with Gasteiger partial charge in [0, 0.05) is 23.5 Å². The Morgan fingerprint density at radius 2 is 1.86 bits per heavy atom. The monoisotopic (exact) mass is 372 g/mol. The largest absolute Gasteiger partial charge is 0.496 e. The van der Waals surface area contributed by atoms with E-state index in [1.807, 2.05) is 30.3 Å². The second kappa shape index (κ2) is 7.71. The first-order chi connectivity index (χ1) is 13.7. The first kappa shape index (κ1) is 17.4. The maximum Gasteiger partial charge on any atom is 0.274 e. The molecule has 0 unspecified atom stereocenters. The standard InChI is InChI=1S/C21H16N4O3/c1-27-18-13-15(23-20(26)17-9-5-6-12-22-17)10-11-16(18)19-24-21(28-25-19)14-7-3-2-4-8-14/h2-13H,1H3,(H,23,26). The van der Waals surface area contributed by atoms with Crippen LogP contribution in [0.25, 0.3) is 22.8 Å². The molecule has 0 saturated heterocycles. The van der Waals surface area contributed by atoms with E-state index in [1.165, 1.54) is 0 Å². The third-order valence-corrected chi connectivity index (χ3v) is 4.04. The molecule has 0 atom stereocenters. The van der Waals surface area contributed by atoms with Crippen LogP contribution in [-0.2, 0) is 0 Å². The number of aromatic nitrogens is 3. The number of amides is 1. The maximum absolute atomic E-state index is 12.3. The lowest BCUT2D eigenvalue weighted by Crippen LogP contribution is -2.13. The summed E-state index contributed by atoms with van der Waals surface area (Å²) < 4.78 is 10.8. The molecule has 0 radical (unpaired) electrons. The van der Waals surface area contributed by atoms with Crippen molar-refractivity contribution in [2.24, 2.45) is 0 Å². The van der Waals surface area contributed by atoms with Crippen LogP contribution in [0.1, 0.15) is 10.5 Å². The molecule has 7 heteroatoms. The van der Waals surface area contributed by atoms with Crippen molar-refractivity contribution in [1.29, 1.82) is 0 Å². The summed E-state index contributed by atoms with van der Waals surface area (Å²) in [6.45, 7) is 0. The third-order valence-electron chi connectivity index (χ3n) is 4.04. The Hall–Kier alpha value is -4.00. The van der Waals surface area contributed by atoms with Gasteiger partial charge in [0.1, 0.15) is 11.4 Å². The lowest BCUT2D eigenvalue weighted by Gasteiger charge is -2.09. The summed E-state index contributed by atoms with van der Waals surface area (Å²) in [5, 5.41) is 6.84. The van der Waals surface area contributed by atoms with Crippen molar-refractivity contribution in [2.75, 3.05) is 12.4 Å². The lowest BCUT2D eigenvalue weighted by molar-refractivity contribution is 0.102. The van der Waals surface area contributed by atoms with Crippen LogP contribution in [0.5, 0.6) is 5.75 Å². The van der Waals surface area contributed by atoms with Crippen LogP contribution in [0.15, 0.2) is 77.4 Å². The molecule has 0 fully saturated rings. The van der Waals surface area contributed by atoms with E-state index >= 15 is 0 Å². The minimum absolute atomic E-state index is 0.304. The zero-order valence-corrected chi connectivity index (χ0v) is 15.0. The van der Waals surface area contributed by atoms with Crippen LogP contribution in [0.2, 0.25) is 0 Å². The summed E-state index contributed by atoms with van der Waals surface area (Å²) in [6, 6.07) is 19.9. The number of anilines is 1. The van der Waals surface area contributed by atoms with E-state index in [9.17, 15) is 4.79 Å². The average molecular weight is 372 g/mol. The summed E-state index contributed by atoms with van der Waals surface area (Å²) in [4.78, 5) is 20.8. The Morgan fingerprint density at radius 3 is 2.61 bits per heavy atom. The van der Waals surface area contributed by atoms with Crippen molar-refractivity contribution in [1.82, 2.24) is 15.1 Å². The number of ether oxygens (including phenoxy) is 1. The summed E-state index contributed by atoms with van der Waals surface area (Å²) >= 11 is 0. The van der Waals surface area contributed by atoms with E-state index in [1.54, 1.807) is 49.7 Å². The molecule has 0 aliphatic carbocycles. The molecule has 2 aromatic carbocycles. The number of rotatable bonds is 5. The molecule has 2 heterocycles. The van der Waals surface area contributed by atoms with Gasteiger partial charge in [0.15, 0.2) is 0 Å². The fraction of sp³-hybridized carbons (Fsp3) is 0.0476. The topological polar surface area (TPSA) is 90.1 Å². The van der Waals surface area contributed by atoms with E-state index in [0.29, 0.717) is 34.4 Å². The number of nitrogens with one attached hydrogen (secondary N) is 1. The minimum atomic E-state index is -0.304. The maximum atomic E-state index is 12.3. The van der Waals surface area contributed by atoms with Crippen LogP contribution >= 0.6 is 0 Å². The predicted octanol–water partition coefficient (Wildman–Crippen LogP) is 4.06. The van der Waals surface area contributed by atoms with Gasteiger partial charge in [-0.1, -0.05) is 29.4 Å². The van der Waals surface area contributed by atoms with Gasteiger partial charge < -0.3 is 14.6 Å². The van der Waals surface area contributed by atoms with Crippen LogP contribution in [0, 0.1) is 0 Å². The predicted molar refractivity (Wildman–Crippen MR) is 104 cm³/mol. The van der Waals surface area contributed by atoms with Gasteiger partial charge in [-0.25, -0.2) is 0 Å². The highest BCUT2D eigenvalue weighted by Crippen LogP contribution is 2.32. The number of carbonyl (C=O) groups is 1. The van der Waals surface area contributed by atoms with Gasteiger partial charge in [0.05, 0.1) is 12.7 Å². The fourth-order valence-electron chi connectivity index (χ4n) is 2.68. The Bertz CT molecular complexity index is 1100. The quantitative estimate of drug-likeness (QED) is 0.568. The normalized spacial score (nSPS) is 10.5. The number of hydrogen-bond acceptors (Lipinski definition) is 6. The van der Waals surface area contributed by atoms with E-state index in [0.717, 1.165) is 5.56 Å². The first-order valence-electron chi connectivity index (χ1n) is 8.54. The molecule has 28 heavy (non-hydrogen) atoms. The molecule has 7 nitrogen and oxygen atoms in total. The van der Waals surface area contributed by atoms with E-state index < -0.39 is 0 Å². The van der Waals surface area contributed by atoms with Crippen molar-refractivity contribution in [2.45, 2.75) is 0 Å². The SMILES string of the molecule is COc1cc(NC(=O)c2ccccn2)ccc1-c1noc(-c2ccccc2)n1. The molecular formula is C21H16N4O3. The van der Waals surface area contributed by atoms with E-state index in [4.69, 9.17) is 9.26 Å². The van der Waals surface area contributed by atoms with Crippen LogP contribution in [0.4, 0.5) is 5.69 Å². The summed E-state index contributed by atoms with van der Waals surface area (Å²) in [7, 11) is 1.54. The Balaban J connectivity index is 1.59. The Labute approximate surface area is 161 Å². The number of hydrogen-bond donors (Lipinski definition) is 1. The first-order valence-corrected chi connectivity index (χ1v) is 8.54. The van der Waals surface area contributed by atoms with E-state index in [-0.39, 0.29) is 5.91 Å². The molecule has 138 valence electrons. The minimum Gasteiger partial charge on any atom is -0.496 e.